The molecule has 1 heterocycles. The van der Waals surface area contributed by atoms with Gasteiger partial charge in [0.25, 0.3) is 0 Å². The first-order chi connectivity index (χ1) is 8.66. The Hall–Kier alpha value is -1.32. The maximum absolute atomic E-state index is 10.6. The summed E-state index contributed by atoms with van der Waals surface area (Å²) in [5.74, 6) is 0. The number of aliphatic hydroxyl groups is 1. The molecule has 3 heteroatoms. The van der Waals surface area contributed by atoms with Gasteiger partial charge in [0.15, 0.2) is 0 Å². The van der Waals surface area contributed by atoms with Crippen LogP contribution in [0.5, 0.6) is 0 Å². The molecule has 2 aromatic rings. The van der Waals surface area contributed by atoms with Gasteiger partial charge < -0.3 is 15.4 Å². The molecule has 0 spiro atoms. The Morgan fingerprint density at radius 1 is 1.33 bits per heavy atom. The minimum atomic E-state index is -0.457. The lowest BCUT2D eigenvalue weighted by molar-refractivity contribution is 0.136. The largest absolute Gasteiger partial charge is 0.387 e. The van der Waals surface area contributed by atoms with Crippen molar-refractivity contribution in [3.05, 3.63) is 35.5 Å². The fourth-order valence-electron chi connectivity index (χ4n) is 2.64. The van der Waals surface area contributed by atoms with Crippen molar-refractivity contribution in [2.45, 2.75) is 44.9 Å². The number of para-hydroxylation sites is 1. The number of aliphatic hydroxyl groups excluding tert-OH is 1. The van der Waals surface area contributed by atoms with Crippen molar-refractivity contribution in [1.29, 1.82) is 0 Å². The lowest BCUT2D eigenvalue weighted by atomic mass is 10.00. The molecule has 1 saturated carbocycles. The van der Waals surface area contributed by atoms with E-state index >= 15 is 0 Å². The van der Waals surface area contributed by atoms with Gasteiger partial charge in [-0.25, -0.2) is 0 Å². The quantitative estimate of drug-likeness (QED) is 0.774. The second-order valence-corrected chi connectivity index (χ2v) is 5.38. The van der Waals surface area contributed by atoms with Crippen LogP contribution < -0.4 is 5.32 Å². The van der Waals surface area contributed by atoms with Crippen LogP contribution in [0.3, 0.4) is 0 Å². The van der Waals surface area contributed by atoms with Gasteiger partial charge in [0.1, 0.15) is 0 Å². The van der Waals surface area contributed by atoms with Gasteiger partial charge in [-0.15, -0.1) is 0 Å². The van der Waals surface area contributed by atoms with Crippen LogP contribution in [-0.2, 0) is 0 Å². The second-order valence-electron chi connectivity index (χ2n) is 5.38. The minimum absolute atomic E-state index is 0.0930. The molecule has 0 amide bonds. The van der Waals surface area contributed by atoms with Crippen molar-refractivity contribution in [2.75, 3.05) is 0 Å². The Morgan fingerprint density at radius 3 is 2.78 bits per heavy atom. The van der Waals surface area contributed by atoms with E-state index in [0.29, 0.717) is 6.04 Å². The predicted molar refractivity (Wildman–Crippen MR) is 73.6 cm³/mol. The molecule has 0 radical (unpaired) electrons. The molecule has 0 saturated heterocycles. The van der Waals surface area contributed by atoms with E-state index < -0.39 is 6.10 Å². The fourth-order valence-corrected chi connectivity index (χ4v) is 2.64. The van der Waals surface area contributed by atoms with Crippen molar-refractivity contribution in [3.63, 3.8) is 0 Å². The number of hydrogen-bond donors (Lipinski definition) is 3. The van der Waals surface area contributed by atoms with Crippen LogP contribution >= 0.6 is 0 Å². The summed E-state index contributed by atoms with van der Waals surface area (Å²) in [7, 11) is 0. The highest BCUT2D eigenvalue weighted by Crippen LogP contribution is 2.31. The van der Waals surface area contributed by atoms with E-state index in [1.165, 1.54) is 12.8 Å². The SMILES string of the molecule is Cc1[nH]c2ccccc2c1C(O)C(C)NC1CC1. The highest BCUT2D eigenvalue weighted by atomic mass is 16.3. The van der Waals surface area contributed by atoms with Gasteiger partial charge >= 0.3 is 0 Å². The Labute approximate surface area is 107 Å². The van der Waals surface area contributed by atoms with E-state index in [1.54, 1.807) is 0 Å². The van der Waals surface area contributed by atoms with E-state index in [-0.39, 0.29) is 6.04 Å². The Balaban J connectivity index is 1.94. The smallest absolute Gasteiger partial charge is 0.0963 e. The fraction of sp³-hybridized carbons (Fsp3) is 0.467. The van der Waals surface area contributed by atoms with E-state index in [2.05, 4.69) is 29.4 Å². The third-order valence-electron chi connectivity index (χ3n) is 3.79. The molecule has 3 rings (SSSR count). The molecule has 1 fully saturated rings. The Bertz CT molecular complexity index is 557. The molecule has 2 unspecified atom stereocenters. The van der Waals surface area contributed by atoms with Crippen molar-refractivity contribution >= 4 is 10.9 Å². The molecule has 18 heavy (non-hydrogen) atoms. The molecule has 3 nitrogen and oxygen atoms in total. The molecular weight excluding hydrogens is 224 g/mol. The summed E-state index contributed by atoms with van der Waals surface area (Å²) in [5.41, 5.74) is 3.20. The Morgan fingerprint density at radius 2 is 2.06 bits per heavy atom. The summed E-state index contributed by atoms with van der Waals surface area (Å²) in [6.45, 7) is 4.09. The number of aryl methyl sites for hydroxylation is 1. The summed E-state index contributed by atoms with van der Waals surface area (Å²) in [5, 5.41) is 15.2. The van der Waals surface area contributed by atoms with Crippen molar-refractivity contribution in [2.24, 2.45) is 0 Å². The predicted octanol–water partition coefficient (Wildman–Crippen LogP) is 2.65. The first-order valence-corrected chi connectivity index (χ1v) is 6.68. The molecular formula is C15H20N2O. The molecule has 2 atom stereocenters. The van der Waals surface area contributed by atoms with Gasteiger partial charge in [-0.2, -0.15) is 0 Å². The van der Waals surface area contributed by atoms with Crippen LogP contribution in [0, 0.1) is 6.92 Å². The van der Waals surface area contributed by atoms with Crippen molar-refractivity contribution in [3.8, 4) is 0 Å². The monoisotopic (exact) mass is 244 g/mol. The zero-order valence-electron chi connectivity index (χ0n) is 10.9. The topological polar surface area (TPSA) is 48.0 Å². The van der Waals surface area contributed by atoms with Crippen LogP contribution in [0.25, 0.3) is 10.9 Å². The Kier molecular flexibility index (Phi) is 2.88. The number of nitrogens with one attached hydrogen (secondary N) is 2. The number of fused-ring (bicyclic) bond motifs is 1. The van der Waals surface area contributed by atoms with E-state index in [9.17, 15) is 5.11 Å². The van der Waals surface area contributed by atoms with Gasteiger partial charge in [0.2, 0.25) is 0 Å². The van der Waals surface area contributed by atoms with Crippen molar-refractivity contribution in [1.82, 2.24) is 10.3 Å². The van der Waals surface area contributed by atoms with E-state index in [1.807, 2.05) is 19.1 Å². The number of aromatic amines is 1. The number of benzene rings is 1. The van der Waals surface area contributed by atoms with Crippen molar-refractivity contribution < 1.29 is 5.11 Å². The molecule has 3 N–H and O–H groups in total. The summed E-state index contributed by atoms with van der Waals surface area (Å²) < 4.78 is 0. The molecule has 96 valence electrons. The first kappa shape index (κ1) is 11.8. The maximum Gasteiger partial charge on any atom is 0.0963 e. The number of hydrogen-bond acceptors (Lipinski definition) is 2. The number of H-pyrrole nitrogens is 1. The third-order valence-corrected chi connectivity index (χ3v) is 3.79. The summed E-state index contributed by atoms with van der Waals surface area (Å²) >= 11 is 0. The molecule has 1 aliphatic rings. The normalized spacial score (nSPS) is 19.1. The summed E-state index contributed by atoms with van der Waals surface area (Å²) in [6, 6.07) is 8.86. The molecule has 0 bridgehead atoms. The van der Waals surface area contributed by atoms with Gasteiger partial charge in [0, 0.05) is 34.2 Å². The van der Waals surface area contributed by atoms with Crippen LogP contribution in [0.4, 0.5) is 0 Å². The number of rotatable bonds is 4. The average molecular weight is 244 g/mol. The van der Waals surface area contributed by atoms with Crippen LogP contribution in [0.2, 0.25) is 0 Å². The highest BCUT2D eigenvalue weighted by molar-refractivity contribution is 5.85. The summed E-state index contributed by atoms with van der Waals surface area (Å²) in [6.07, 6.45) is 2.02. The number of aromatic nitrogens is 1. The molecule has 1 aromatic carbocycles. The third kappa shape index (κ3) is 2.04. The van der Waals surface area contributed by atoms with Gasteiger partial charge in [-0.05, 0) is 32.8 Å². The molecule has 0 aliphatic heterocycles. The lowest BCUT2D eigenvalue weighted by Gasteiger charge is -2.20. The van der Waals surface area contributed by atoms with Gasteiger partial charge in [-0.3, -0.25) is 0 Å². The molecule has 1 aromatic heterocycles. The van der Waals surface area contributed by atoms with Gasteiger partial charge in [-0.1, -0.05) is 18.2 Å². The summed E-state index contributed by atoms with van der Waals surface area (Å²) in [4.78, 5) is 3.34. The average Bonchev–Trinajstić information content (AvgIpc) is 3.09. The minimum Gasteiger partial charge on any atom is -0.387 e. The standard InChI is InChI=1S/C15H20N2O/c1-9-14(12-5-3-4-6-13(12)17-9)15(18)10(2)16-11-7-8-11/h3-6,10-11,15-18H,7-8H2,1-2H3. The van der Waals surface area contributed by atoms with Gasteiger partial charge in [0.05, 0.1) is 6.10 Å². The van der Waals surface area contributed by atoms with Crippen LogP contribution in [0.1, 0.15) is 37.1 Å². The first-order valence-electron chi connectivity index (χ1n) is 6.68. The maximum atomic E-state index is 10.6. The zero-order valence-corrected chi connectivity index (χ0v) is 10.9. The van der Waals surface area contributed by atoms with E-state index in [4.69, 9.17) is 0 Å². The molecule has 1 aliphatic carbocycles. The highest BCUT2D eigenvalue weighted by Gasteiger charge is 2.28. The van der Waals surface area contributed by atoms with E-state index in [0.717, 1.165) is 22.2 Å². The van der Waals surface area contributed by atoms with Crippen LogP contribution in [0.15, 0.2) is 24.3 Å². The second kappa shape index (κ2) is 4.41. The lowest BCUT2D eigenvalue weighted by Crippen LogP contribution is -2.33. The zero-order chi connectivity index (χ0) is 12.7. The van der Waals surface area contributed by atoms with Crippen LogP contribution in [-0.4, -0.2) is 22.2 Å².